The molecular weight excluding hydrogens is 326 g/mol. The molecule has 0 saturated carbocycles. The fraction of sp³-hybridized carbons (Fsp3) is 0.381. The summed E-state index contributed by atoms with van der Waals surface area (Å²) in [5.41, 5.74) is 3.60. The molecule has 1 N–H and O–H groups in total. The summed E-state index contributed by atoms with van der Waals surface area (Å²) < 4.78 is 11.4. The summed E-state index contributed by atoms with van der Waals surface area (Å²) in [6.45, 7) is 6.95. The van der Waals surface area contributed by atoms with Crippen LogP contribution in [0.1, 0.15) is 18.1 Å². The number of ether oxygens (including phenoxy) is 2. The number of aromatic nitrogens is 1. The van der Waals surface area contributed by atoms with Crippen LogP contribution >= 0.6 is 0 Å². The van der Waals surface area contributed by atoms with Crippen LogP contribution in [0.2, 0.25) is 0 Å². The van der Waals surface area contributed by atoms with Gasteiger partial charge in [0.25, 0.3) is 0 Å². The van der Waals surface area contributed by atoms with E-state index in [4.69, 9.17) is 9.47 Å². The number of nitrogens with one attached hydrogen (secondary N) is 1. The number of nitrogens with zero attached hydrogens (tertiary/aromatic N) is 2. The first-order valence-corrected chi connectivity index (χ1v) is 9.21. The van der Waals surface area contributed by atoms with E-state index in [9.17, 15) is 0 Å². The van der Waals surface area contributed by atoms with E-state index < -0.39 is 0 Å². The topological polar surface area (TPSA) is 46.6 Å². The number of benzene rings is 1. The van der Waals surface area contributed by atoms with Crippen LogP contribution in [0.5, 0.6) is 5.75 Å². The van der Waals surface area contributed by atoms with E-state index in [0.717, 1.165) is 49.9 Å². The van der Waals surface area contributed by atoms with Gasteiger partial charge in [-0.15, -0.1) is 0 Å². The molecule has 136 valence electrons. The maximum absolute atomic E-state index is 5.79. The molecule has 26 heavy (non-hydrogen) atoms. The third-order valence-electron chi connectivity index (χ3n) is 4.75. The number of pyridine rings is 1. The van der Waals surface area contributed by atoms with Crippen molar-refractivity contribution in [3.63, 3.8) is 0 Å². The lowest BCUT2D eigenvalue weighted by Gasteiger charge is -2.32. The Bertz CT molecular complexity index is 773. The molecule has 1 saturated heterocycles. The van der Waals surface area contributed by atoms with Crippen LogP contribution in [0, 0.1) is 0 Å². The Morgan fingerprint density at radius 3 is 2.96 bits per heavy atom. The molecule has 1 unspecified atom stereocenters. The van der Waals surface area contributed by atoms with E-state index in [1.807, 2.05) is 24.4 Å². The summed E-state index contributed by atoms with van der Waals surface area (Å²) in [6.07, 6.45) is 4.44. The van der Waals surface area contributed by atoms with E-state index in [0.29, 0.717) is 6.61 Å². The maximum atomic E-state index is 5.79. The van der Waals surface area contributed by atoms with Crippen molar-refractivity contribution >= 4 is 11.9 Å². The highest BCUT2D eigenvalue weighted by atomic mass is 16.5. The Morgan fingerprint density at radius 1 is 1.19 bits per heavy atom. The van der Waals surface area contributed by atoms with Crippen LogP contribution in [0.25, 0.3) is 6.08 Å². The molecule has 1 atom stereocenters. The number of anilines is 1. The van der Waals surface area contributed by atoms with Crippen LogP contribution < -0.4 is 15.0 Å². The Morgan fingerprint density at radius 2 is 2.12 bits per heavy atom. The van der Waals surface area contributed by atoms with Gasteiger partial charge in [0, 0.05) is 37.9 Å². The largest absolute Gasteiger partial charge is 0.489 e. The fourth-order valence-electron chi connectivity index (χ4n) is 3.37. The van der Waals surface area contributed by atoms with E-state index in [-0.39, 0.29) is 6.10 Å². The summed E-state index contributed by atoms with van der Waals surface area (Å²) >= 11 is 0. The van der Waals surface area contributed by atoms with Gasteiger partial charge in [0.05, 0.1) is 12.7 Å². The van der Waals surface area contributed by atoms with E-state index >= 15 is 0 Å². The third kappa shape index (κ3) is 4.06. The molecule has 5 nitrogen and oxygen atoms in total. The first-order chi connectivity index (χ1) is 12.8. The number of rotatable bonds is 5. The lowest BCUT2D eigenvalue weighted by atomic mass is 10.1. The van der Waals surface area contributed by atoms with Crippen LogP contribution in [0.15, 0.2) is 48.2 Å². The van der Waals surface area contributed by atoms with Crippen LogP contribution in [0.4, 0.5) is 5.82 Å². The molecule has 0 aliphatic carbocycles. The number of fused-ring (bicyclic) bond motifs is 1. The van der Waals surface area contributed by atoms with Gasteiger partial charge in [0.2, 0.25) is 0 Å². The minimum atomic E-state index is 0.267. The molecule has 3 heterocycles. The van der Waals surface area contributed by atoms with E-state index in [1.54, 1.807) is 0 Å². The maximum Gasteiger partial charge on any atom is 0.128 e. The number of para-hydroxylation sites is 1. The van der Waals surface area contributed by atoms with Crippen molar-refractivity contribution in [2.24, 2.45) is 0 Å². The zero-order valence-corrected chi connectivity index (χ0v) is 15.1. The van der Waals surface area contributed by atoms with Crippen molar-refractivity contribution in [2.75, 3.05) is 37.7 Å². The van der Waals surface area contributed by atoms with Crippen molar-refractivity contribution in [1.82, 2.24) is 10.3 Å². The van der Waals surface area contributed by atoms with Crippen LogP contribution in [-0.4, -0.2) is 43.9 Å². The zero-order valence-electron chi connectivity index (χ0n) is 15.1. The molecule has 0 bridgehead atoms. The Balaban J connectivity index is 1.29. The monoisotopic (exact) mass is 351 g/mol. The van der Waals surface area contributed by atoms with Gasteiger partial charge >= 0.3 is 0 Å². The SMILES string of the molecule is CC1CN(c2ccc(CNCC3=Cc4ccccc4OC3)cn2)CCO1. The van der Waals surface area contributed by atoms with E-state index in [1.165, 1.54) is 11.1 Å². The fourth-order valence-corrected chi connectivity index (χ4v) is 3.37. The molecule has 2 aliphatic heterocycles. The Labute approximate surface area is 154 Å². The normalized spacial score (nSPS) is 19.5. The standard InChI is InChI=1S/C21H25N3O2/c1-16-14-24(8-9-25-16)21-7-6-17(13-23-21)11-22-12-18-10-19-4-2-3-5-20(19)26-15-18/h2-7,10,13,16,22H,8-9,11-12,14-15H2,1H3. The van der Waals surface area contributed by atoms with Crippen LogP contribution in [-0.2, 0) is 11.3 Å². The van der Waals surface area contributed by atoms with Gasteiger partial charge in [0.15, 0.2) is 0 Å². The number of hydrogen-bond acceptors (Lipinski definition) is 5. The van der Waals surface area contributed by atoms with Crippen molar-refractivity contribution in [3.8, 4) is 5.75 Å². The van der Waals surface area contributed by atoms with Gasteiger partial charge in [-0.1, -0.05) is 24.3 Å². The minimum absolute atomic E-state index is 0.267. The summed E-state index contributed by atoms with van der Waals surface area (Å²) in [6, 6.07) is 12.4. The highest BCUT2D eigenvalue weighted by Crippen LogP contribution is 2.25. The molecule has 2 aromatic rings. The summed E-state index contributed by atoms with van der Waals surface area (Å²) in [7, 11) is 0. The molecule has 0 amide bonds. The third-order valence-corrected chi connectivity index (χ3v) is 4.75. The lowest BCUT2D eigenvalue weighted by molar-refractivity contribution is 0.0529. The highest BCUT2D eigenvalue weighted by Gasteiger charge is 2.17. The smallest absolute Gasteiger partial charge is 0.128 e. The second-order valence-corrected chi connectivity index (χ2v) is 6.88. The molecule has 1 aromatic heterocycles. The predicted octanol–water partition coefficient (Wildman–Crippen LogP) is 2.87. The van der Waals surface area contributed by atoms with Crippen LogP contribution in [0.3, 0.4) is 0 Å². The van der Waals surface area contributed by atoms with Crippen molar-refractivity contribution in [2.45, 2.75) is 19.6 Å². The molecule has 2 aliphatic rings. The molecule has 1 fully saturated rings. The van der Waals surface area contributed by atoms with Crippen molar-refractivity contribution in [1.29, 1.82) is 0 Å². The summed E-state index contributed by atoms with van der Waals surface area (Å²) in [4.78, 5) is 6.91. The summed E-state index contributed by atoms with van der Waals surface area (Å²) in [5.74, 6) is 2.00. The van der Waals surface area contributed by atoms with E-state index in [2.05, 4.69) is 46.4 Å². The van der Waals surface area contributed by atoms with Crippen molar-refractivity contribution in [3.05, 3.63) is 59.3 Å². The molecule has 1 aromatic carbocycles. The molecule has 5 heteroatoms. The quantitative estimate of drug-likeness (QED) is 0.898. The number of hydrogen-bond donors (Lipinski definition) is 1. The first-order valence-electron chi connectivity index (χ1n) is 9.21. The molecular formula is C21H25N3O2. The molecule has 4 rings (SSSR count). The minimum Gasteiger partial charge on any atom is -0.489 e. The van der Waals surface area contributed by atoms with Gasteiger partial charge in [0.1, 0.15) is 18.2 Å². The van der Waals surface area contributed by atoms with Gasteiger partial charge in [-0.05, 0) is 36.3 Å². The van der Waals surface area contributed by atoms with Gasteiger partial charge in [-0.3, -0.25) is 0 Å². The number of morpholine rings is 1. The zero-order chi connectivity index (χ0) is 17.8. The van der Waals surface area contributed by atoms with Gasteiger partial charge < -0.3 is 19.7 Å². The summed E-state index contributed by atoms with van der Waals surface area (Å²) in [5, 5.41) is 3.49. The Kier molecular flexibility index (Phi) is 5.18. The average molecular weight is 351 g/mol. The second-order valence-electron chi connectivity index (χ2n) is 6.88. The average Bonchev–Trinajstić information content (AvgIpc) is 2.68. The Hall–Kier alpha value is -2.37. The molecule has 0 radical (unpaired) electrons. The molecule has 0 spiro atoms. The highest BCUT2D eigenvalue weighted by molar-refractivity contribution is 5.62. The van der Waals surface area contributed by atoms with Crippen molar-refractivity contribution < 1.29 is 9.47 Å². The second kappa shape index (κ2) is 7.89. The van der Waals surface area contributed by atoms with Gasteiger partial charge in [-0.2, -0.15) is 0 Å². The first kappa shape index (κ1) is 17.1. The lowest BCUT2D eigenvalue weighted by Crippen LogP contribution is -2.41. The predicted molar refractivity (Wildman–Crippen MR) is 103 cm³/mol. The van der Waals surface area contributed by atoms with Gasteiger partial charge in [-0.25, -0.2) is 4.98 Å².